The molecular weight excluding hydrogens is 238 g/mol. The first-order valence-corrected chi connectivity index (χ1v) is 5.73. The van der Waals surface area contributed by atoms with Gasteiger partial charge in [0.2, 0.25) is 0 Å². The van der Waals surface area contributed by atoms with Crippen molar-refractivity contribution in [2.45, 2.75) is 31.8 Å². The highest BCUT2D eigenvalue weighted by molar-refractivity contribution is 5.01. The Kier molecular flexibility index (Phi) is 3.38. The zero-order valence-corrected chi connectivity index (χ0v) is 10.3. The molecule has 1 fully saturated rings. The fourth-order valence-electron chi connectivity index (χ4n) is 2.11. The molecule has 2 heterocycles. The number of aliphatic hydroxyl groups excluding tert-OH is 2. The monoisotopic (exact) mass is 255 g/mol. The Morgan fingerprint density at radius 1 is 1.61 bits per heavy atom. The number of nitrogens with one attached hydrogen (secondary N) is 1. The number of aliphatic hydroxyl groups is 2. The van der Waals surface area contributed by atoms with Crippen LogP contribution in [-0.4, -0.2) is 38.2 Å². The van der Waals surface area contributed by atoms with Gasteiger partial charge in [-0.25, -0.2) is 4.79 Å². The first-order chi connectivity index (χ1) is 8.45. The largest absolute Gasteiger partial charge is 0.394 e. The predicted molar refractivity (Wildman–Crippen MR) is 61.9 cm³/mol. The van der Waals surface area contributed by atoms with Gasteiger partial charge in [0.25, 0.3) is 0 Å². The standard InChI is InChI=1S/C11H17N3O4/c1-6-4-14(11(17)13(2)10(6)12)9-3-7(16)8(5-15)18-9/h4,7-9,12,15-16H,3,5H2,1-2H3. The van der Waals surface area contributed by atoms with Crippen LogP contribution in [0.25, 0.3) is 0 Å². The maximum Gasteiger partial charge on any atom is 0.331 e. The van der Waals surface area contributed by atoms with Crippen molar-refractivity contribution in [1.29, 1.82) is 5.41 Å². The lowest BCUT2D eigenvalue weighted by atomic mass is 10.2. The summed E-state index contributed by atoms with van der Waals surface area (Å²) in [6, 6.07) is 0. The Bertz CT molecular complexity index is 562. The minimum atomic E-state index is -0.784. The third-order valence-corrected chi connectivity index (χ3v) is 3.24. The molecule has 0 spiro atoms. The van der Waals surface area contributed by atoms with Crippen LogP contribution >= 0.6 is 0 Å². The van der Waals surface area contributed by atoms with E-state index in [1.807, 2.05) is 0 Å². The van der Waals surface area contributed by atoms with Gasteiger partial charge in [-0.2, -0.15) is 0 Å². The Balaban J connectivity index is 2.42. The van der Waals surface area contributed by atoms with Crippen LogP contribution in [-0.2, 0) is 11.8 Å². The first kappa shape index (κ1) is 13.0. The molecule has 0 saturated carbocycles. The van der Waals surface area contributed by atoms with Crippen LogP contribution in [0.3, 0.4) is 0 Å². The van der Waals surface area contributed by atoms with Gasteiger partial charge in [0.15, 0.2) is 0 Å². The Morgan fingerprint density at radius 3 is 2.83 bits per heavy atom. The van der Waals surface area contributed by atoms with Crippen molar-refractivity contribution >= 4 is 0 Å². The smallest absolute Gasteiger partial charge is 0.331 e. The number of aryl methyl sites for hydroxylation is 1. The van der Waals surface area contributed by atoms with Crippen molar-refractivity contribution in [1.82, 2.24) is 9.13 Å². The molecule has 7 nitrogen and oxygen atoms in total. The number of rotatable bonds is 2. The molecule has 0 bridgehead atoms. The molecule has 1 aliphatic heterocycles. The van der Waals surface area contributed by atoms with E-state index in [0.29, 0.717) is 5.56 Å². The van der Waals surface area contributed by atoms with Gasteiger partial charge >= 0.3 is 5.69 Å². The molecule has 18 heavy (non-hydrogen) atoms. The minimum absolute atomic E-state index is 0.147. The highest BCUT2D eigenvalue weighted by Crippen LogP contribution is 2.27. The maximum atomic E-state index is 12.0. The van der Waals surface area contributed by atoms with Gasteiger partial charge in [-0.15, -0.1) is 0 Å². The lowest BCUT2D eigenvalue weighted by molar-refractivity contribution is -0.0463. The van der Waals surface area contributed by atoms with Gasteiger partial charge in [0, 0.05) is 25.2 Å². The van der Waals surface area contributed by atoms with E-state index in [1.54, 1.807) is 13.1 Å². The average molecular weight is 255 g/mol. The Morgan fingerprint density at radius 2 is 2.28 bits per heavy atom. The number of nitrogens with zero attached hydrogens (tertiary/aromatic N) is 2. The normalized spacial score (nSPS) is 27.7. The topological polar surface area (TPSA) is 100 Å². The highest BCUT2D eigenvalue weighted by atomic mass is 16.5. The molecular formula is C11H17N3O4. The summed E-state index contributed by atoms with van der Waals surface area (Å²) in [5, 5.41) is 26.4. The van der Waals surface area contributed by atoms with E-state index in [4.69, 9.17) is 15.3 Å². The molecule has 7 heteroatoms. The summed E-state index contributed by atoms with van der Waals surface area (Å²) in [5.74, 6) is 0. The molecule has 0 aliphatic carbocycles. The van der Waals surface area contributed by atoms with Gasteiger partial charge in [0.1, 0.15) is 17.8 Å². The van der Waals surface area contributed by atoms with Crippen molar-refractivity contribution in [3.05, 3.63) is 27.7 Å². The summed E-state index contributed by atoms with van der Waals surface area (Å²) in [4.78, 5) is 12.0. The average Bonchev–Trinajstić information content (AvgIpc) is 2.72. The third kappa shape index (κ3) is 2.00. The zero-order valence-electron chi connectivity index (χ0n) is 10.3. The zero-order chi connectivity index (χ0) is 13.4. The quantitative estimate of drug-likeness (QED) is 0.606. The van der Waals surface area contributed by atoms with E-state index in [0.717, 1.165) is 0 Å². The second kappa shape index (κ2) is 4.68. The summed E-state index contributed by atoms with van der Waals surface area (Å²) in [6.45, 7) is 1.45. The van der Waals surface area contributed by atoms with Crippen LogP contribution in [0.4, 0.5) is 0 Å². The summed E-state index contributed by atoms with van der Waals surface area (Å²) >= 11 is 0. The Hall–Kier alpha value is -1.44. The van der Waals surface area contributed by atoms with E-state index in [9.17, 15) is 9.90 Å². The van der Waals surface area contributed by atoms with Gasteiger partial charge in [-0.1, -0.05) is 0 Å². The van der Waals surface area contributed by atoms with E-state index in [2.05, 4.69) is 0 Å². The van der Waals surface area contributed by atoms with Crippen LogP contribution < -0.4 is 11.2 Å². The molecule has 3 N–H and O–H groups in total. The van der Waals surface area contributed by atoms with Crippen molar-refractivity contribution in [3.63, 3.8) is 0 Å². The van der Waals surface area contributed by atoms with Crippen LogP contribution in [0.5, 0.6) is 0 Å². The number of hydrogen-bond acceptors (Lipinski definition) is 5. The van der Waals surface area contributed by atoms with Crippen LogP contribution in [0.2, 0.25) is 0 Å². The van der Waals surface area contributed by atoms with Crippen molar-refractivity contribution in [2.75, 3.05) is 6.61 Å². The number of ether oxygens (including phenoxy) is 1. The van der Waals surface area contributed by atoms with E-state index in [1.165, 1.54) is 16.2 Å². The molecule has 0 aromatic carbocycles. The highest BCUT2D eigenvalue weighted by Gasteiger charge is 2.35. The van der Waals surface area contributed by atoms with Crippen LogP contribution in [0.15, 0.2) is 11.0 Å². The summed E-state index contributed by atoms with van der Waals surface area (Å²) in [7, 11) is 1.52. The van der Waals surface area contributed by atoms with E-state index in [-0.39, 0.29) is 24.2 Å². The van der Waals surface area contributed by atoms with Crippen LogP contribution in [0, 0.1) is 12.3 Å². The van der Waals surface area contributed by atoms with Crippen LogP contribution in [0.1, 0.15) is 18.2 Å². The molecule has 1 aromatic rings. The Labute approximate surface area is 103 Å². The minimum Gasteiger partial charge on any atom is -0.394 e. The third-order valence-electron chi connectivity index (χ3n) is 3.24. The van der Waals surface area contributed by atoms with E-state index >= 15 is 0 Å². The maximum absolute atomic E-state index is 12.0. The SMILES string of the molecule is Cc1cn(C2CC(O)C(CO)O2)c(=O)n(C)c1=N. The fraction of sp³-hybridized carbons (Fsp3) is 0.636. The number of hydrogen-bond donors (Lipinski definition) is 3. The molecule has 3 atom stereocenters. The van der Waals surface area contributed by atoms with Crippen molar-refractivity contribution in [2.24, 2.45) is 7.05 Å². The first-order valence-electron chi connectivity index (χ1n) is 5.73. The lowest BCUT2D eigenvalue weighted by Crippen LogP contribution is -2.40. The van der Waals surface area contributed by atoms with E-state index < -0.39 is 18.4 Å². The molecule has 1 saturated heterocycles. The molecule has 1 aromatic heterocycles. The molecule has 0 radical (unpaired) electrons. The van der Waals surface area contributed by atoms with Crippen molar-refractivity contribution < 1.29 is 14.9 Å². The molecule has 2 rings (SSSR count). The second-order valence-electron chi connectivity index (χ2n) is 4.52. The number of aromatic nitrogens is 2. The second-order valence-corrected chi connectivity index (χ2v) is 4.52. The molecule has 1 aliphatic rings. The van der Waals surface area contributed by atoms with Gasteiger partial charge in [-0.3, -0.25) is 14.5 Å². The molecule has 0 amide bonds. The summed E-state index contributed by atoms with van der Waals surface area (Å²) in [6.07, 6.45) is -0.254. The van der Waals surface area contributed by atoms with Gasteiger partial charge < -0.3 is 14.9 Å². The van der Waals surface area contributed by atoms with Crippen molar-refractivity contribution in [3.8, 4) is 0 Å². The summed E-state index contributed by atoms with van der Waals surface area (Å²) < 4.78 is 8.00. The summed E-state index contributed by atoms with van der Waals surface area (Å²) in [5.41, 5.74) is 0.414. The molecule has 100 valence electrons. The fourth-order valence-corrected chi connectivity index (χ4v) is 2.11. The molecule has 3 unspecified atom stereocenters. The van der Waals surface area contributed by atoms with Gasteiger partial charge in [-0.05, 0) is 6.92 Å². The lowest BCUT2D eigenvalue weighted by Gasteiger charge is -2.16. The predicted octanol–water partition coefficient (Wildman–Crippen LogP) is -1.38. The van der Waals surface area contributed by atoms with Gasteiger partial charge in [0.05, 0.1) is 12.7 Å².